The molecule has 21 heavy (non-hydrogen) atoms. The van der Waals surface area contributed by atoms with Crippen molar-refractivity contribution in [3.63, 3.8) is 0 Å². The number of rotatable bonds is 9. The predicted molar refractivity (Wildman–Crippen MR) is 83.5 cm³/mol. The first kappa shape index (κ1) is 16.3. The van der Waals surface area contributed by atoms with Crippen LogP contribution in [0.15, 0.2) is 24.3 Å². The van der Waals surface area contributed by atoms with Crippen LogP contribution < -0.4 is 10.5 Å². The molecule has 0 amide bonds. The molecular formula is C17H27NO3. The Kier molecular flexibility index (Phi) is 7.57. The van der Waals surface area contributed by atoms with E-state index in [2.05, 4.69) is 12.1 Å². The summed E-state index contributed by atoms with van der Waals surface area (Å²) < 4.78 is 16.8. The molecule has 4 nitrogen and oxygen atoms in total. The SMILES string of the molecule is NCCCCc1ccc(OCCOC2CCCCO2)cc1. The van der Waals surface area contributed by atoms with Crippen molar-refractivity contribution in [1.29, 1.82) is 0 Å². The first-order chi connectivity index (χ1) is 10.4. The van der Waals surface area contributed by atoms with Gasteiger partial charge in [-0.15, -0.1) is 0 Å². The normalized spacial score (nSPS) is 18.6. The maximum absolute atomic E-state index is 5.68. The number of benzene rings is 1. The molecule has 0 aliphatic carbocycles. The van der Waals surface area contributed by atoms with E-state index in [1.165, 1.54) is 12.0 Å². The van der Waals surface area contributed by atoms with Gasteiger partial charge in [0, 0.05) is 6.61 Å². The van der Waals surface area contributed by atoms with Gasteiger partial charge in [0.1, 0.15) is 12.4 Å². The van der Waals surface area contributed by atoms with Crippen molar-refractivity contribution in [3.05, 3.63) is 29.8 Å². The zero-order valence-corrected chi connectivity index (χ0v) is 12.8. The highest BCUT2D eigenvalue weighted by atomic mass is 16.7. The van der Waals surface area contributed by atoms with Crippen molar-refractivity contribution in [2.45, 2.75) is 44.8 Å². The lowest BCUT2D eigenvalue weighted by Gasteiger charge is -2.22. The van der Waals surface area contributed by atoms with E-state index >= 15 is 0 Å². The molecule has 0 saturated carbocycles. The van der Waals surface area contributed by atoms with Crippen LogP contribution in [-0.4, -0.2) is 32.7 Å². The molecule has 1 aromatic carbocycles. The summed E-state index contributed by atoms with van der Waals surface area (Å²) in [5.41, 5.74) is 6.83. The molecule has 1 unspecified atom stereocenters. The van der Waals surface area contributed by atoms with Crippen molar-refractivity contribution >= 4 is 0 Å². The molecule has 1 aliphatic rings. The molecule has 2 N–H and O–H groups in total. The number of hydrogen-bond donors (Lipinski definition) is 1. The molecule has 0 radical (unpaired) electrons. The fraction of sp³-hybridized carbons (Fsp3) is 0.647. The average Bonchev–Trinajstić information content (AvgIpc) is 2.54. The molecule has 118 valence electrons. The van der Waals surface area contributed by atoms with Crippen LogP contribution in [-0.2, 0) is 15.9 Å². The van der Waals surface area contributed by atoms with Crippen LogP contribution in [0.4, 0.5) is 0 Å². The molecule has 1 saturated heterocycles. The molecule has 1 atom stereocenters. The third-order valence-electron chi connectivity index (χ3n) is 3.64. The van der Waals surface area contributed by atoms with Crippen LogP contribution in [0.2, 0.25) is 0 Å². The Labute approximate surface area is 127 Å². The van der Waals surface area contributed by atoms with Gasteiger partial charge >= 0.3 is 0 Å². The third kappa shape index (κ3) is 6.46. The monoisotopic (exact) mass is 293 g/mol. The number of aryl methyl sites for hydroxylation is 1. The Bertz CT molecular complexity index is 374. The van der Waals surface area contributed by atoms with Gasteiger partial charge in [0.15, 0.2) is 6.29 Å². The van der Waals surface area contributed by atoms with E-state index in [0.717, 1.165) is 51.0 Å². The van der Waals surface area contributed by atoms with Crippen LogP contribution in [0.1, 0.15) is 37.7 Å². The second-order valence-electron chi connectivity index (χ2n) is 5.41. The van der Waals surface area contributed by atoms with Gasteiger partial charge in [-0.05, 0) is 62.8 Å². The zero-order chi connectivity index (χ0) is 14.8. The van der Waals surface area contributed by atoms with E-state index < -0.39 is 0 Å². The smallest absolute Gasteiger partial charge is 0.157 e. The highest BCUT2D eigenvalue weighted by molar-refractivity contribution is 5.27. The van der Waals surface area contributed by atoms with E-state index in [0.29, 0.717) is 13.2 Å². The van der Waals surface area contributed by atoms with E-state index in [1.807, 2.05) is 12.1 Å². The number of hydrogen-bond acceptors (Lipinski definition) is 4. The minimum atomic E-state index is -0.0349. The lowest BCUT2D eigenvalue weighted by Crippen LogP contribution is -2.24. The van der Waals surface area contributed by atoms with Crippen LogP contribution in [0, 0.1) is 0 Å². The summed E-state index contributed by atoms with van der Waals surface area (Å²) in [7, 11) is 0. The predicted octanol–water partition coefficient (Wildman–Crippen LogP) is 2.89. The van der Waals surface area contributed by atoms with E-state index in [-0.39, 0.29) is 6.29 Å². The molecule has 1 aromatic rings. The van der Waals surface area contributed by atoms with Gasteiger partial charge in [-0.2, -0.15) is 0 Å². The van der Waals surface area contributed by atoms with Gasteiger partial charge in [-0.1, -0.05) is 12.1 Å². The van der Waals surface area contributed by atoms with Crippen molar-refractivity contribution in [2.75, 3.05) is 26.4 Å². The van der Waals surface area contributed by atoms with E-state index in [1.54, 1.807) is 0 Å². The molecule has 2 rings (SSSR count). The van der Waals surface area contributed by atoms with Crippen LogP contribution >= 0.6 is 0 Å². The van der Waals surface area contributed by atoms with Crippen LogP contribution in [0.3, 0.4) is 0 Å². The van der Waals surface area contributed by atoms with Crippen LogP contribution in [0.25, 0.3) is 0 Å². The van der Waals surface area contributed by atoms with E-state index in [4.69, 9.17) is 19.9 Å². The van der Waals surface area contributed by atoms with Crippen LogP contribution in [0.5, 0.6) is 5.75 Å². The van der Waals surface area contributed by atoms with Crippen molar-refractivity contribution in [3.8, 4) is 5.75 Å². The highest BCUT2D eigenvalue weighted by Crippen LogP contribution is 2.15. The Morgan fingerprint density at radius 1 is 1.10 bits per heavy atom. The van der Waals surface area contributed by atoms with Crippen molar-refractivity contribution in [2.24, 2.45) is 5.73 Å². The van der Waals surface area contributed by atoms with E-state index in [9.17, 15) is 0 Å². The van der Waals surface area contributed by atoms with Gasteiger partial charge in [0.25, 0.3) is 0 Å². The maximum Gasteiger partial charge on any atom is 0.157 e. The van der Waals surface area contributed by atoms with Gasteiger partial charge in [-0.3, -0.25) is 0 Å². The minimum absolute atomic E-state index is 0.0349. The number of unbranched alkanes of at least 4 members (excludes halogenated alkanes) is 1. The van der Waals surface area contributed by atoms with Gasteiger partial charge < -0.3 is 19.9 Å². The number of nitrogens with two attached hydrogens (primary N) is 1. The first-order valence-corrected chi connectivity index (χ1v) is 8.03. The Balaban J connectivity index is 1.59. The van der Waals surface area contributed by atoms with Crippen molar-refractivity contribution < 1.29 is 14.2 Å². The minimum Gasteiger partial charge on any atom is -0.491 e. The summed E-state index contributed by atoms with van der Waals surface area (Å²) in [6, 6.07) is 8.29. The molecule has 0 aromatic heterocycles. The maximum atomic E-state index is 5.68. The quantitative estimate of drug-likeness (QED) is 0.711. The number of ether oxygens (including phenoxy) is 3. The molecule has 4 heteroatoms. The standard InChI is InChI=1S/C17H27NO3/c18-11-3-1-5-15-7-9-16(10-8-15)19-13-14-21-17-6-2-4-12-20-17/h7-10,17H,1-6,11-14,18H2. The average molecular weight is 293 g/mol. The molecule has 1 aliphatic heterocycles. The highest BCUT2D eigenvalue weighted by Gasteiger charge is 2.13. The largest absolute Gasteiger partial charge is 0.491 e. The van der Waals surface area contributed by atoms with Gasteiger partial charge in [-0.25, -0.2) is 0 Å². The first-order valence-electron chi connectivity index (χ1n) is 8.03. The van der Waals surface area contributed by atoms with Crippen molar-refractivity contribution in [1.82, 2.24) is 0 Å². The summed E-state index contributed by atoms with van der Waals surface area (Å²) in [6.07, 6.45) is 6.61. The lowest BCUT2D eigenvalue weighted by molar-refractivity contribution is -0.165. The second kappa shape index (κ2) is 9.77. The topological polar surface area (TPSA) is 53.7 Å². The molecule has 0 spiro atoms. The zero-order valence-electron chi connectivity index (χ0n) is 12.8. The fourth-order valence-electron chi connectivity index (χ4n) is 2.41. The summed E-state index contributed by atoms with van der Waals surface area (Å²) in [5.74, 6) is 0.894. The fourth-order valence-corrected chi connectivity index (χ4v) is 2.41. The molecule has 1 heterocycles. The lowest BCUT2D eigenvalue weighted by atomic mass is 10.1. The summed E-state index contributed by atoms with van der Waals surface area (Å²) >= 11 is 0. The summed E-state index contributed by atoms with van der Waals surface area (Å²) in [5, 5.41) is 0. The Morgan fingerprint density at radius 2 is 1.95 bits per heavy atom. The van der Waals surface area contributed by atoms with Gasteiger partial charge in [0.2, 0.25) is 0 Å². The second-order valence-corrected chi connectivity index (χ2v) is 5.41. The summed E-state index contributed by atoms with van der Waals surface area (Å²) in [6.45, 7) is 2.72. The Morgan fingerprint density at radius 3 is 2.67 bits per heavy atom. The molecule has 1 fully saturated rings. The molecule has 0 bridgehead atoms. The van der Waals surface area contributed by atoms with Gasteiger partial charge in [0.05, 0.1) is 6.61 Å². The molecular weight excluding hydrogens is 266 g/mol. The Hall–Kier alpha value is -1.10. The third-order valence-corrected chi connectivity index (χ3v) is 3.64. The summed E-state index contributed by atoms with van der Waals surface area (Å²) in [4.78, 5) is 0.